The summed E-state index contributed by atoms with van der Waals surface area (Å²) in [6.45, 7) is 7.35. The molecule has 1 heterocycles. The maximum atomic E-state index is 13.3. The zero-order valence-electron chi connectivity index (χ0n) is 12.8. The fourth-order valence-electron chi connectivity index (χ4n) is 2.75. The molecule has 0 spiro atoms. The number of benzene rings is 1. The number of amides is 1. The number of hydrogen-bond acceptors (Lipinski definition) is 2. The van der Waals surface area contributed by atoms with E-state index in [1.54, 1.807) is 12.1 Å². The lowest BCUT2D eigenvalue weighted by atomic mass is 9.79. The predicted octanol–water partition coefficient (Wildman–Crippen LogP) is 2.94. The van der Waals surface area contributed by atoms with Crippen molar-refractivity contribution in [2.45, 2.75) is 39.2 Å². The van der Waals surface area contributed by atoms with Crippen LogP contribution >= 0.6 is 12.4 Å². The molecule has 0 bridgehead atoms. The van der Waals surface area contributed by atoms with Gasteiger partial charge in [0.15, 0.2) is 0 Å². The lowest BCUT2D eigenvalue weighted by molar-refractivity contribution is -0.135. The largest absolute Gasteiger partial charge is 0.342 e. The Balaban J connectivity index is 0.00000220. The standard InChI is InChI=1S/C16H23FN2O.ClH/c1-11(12-5-4-6-13(17)9-12)15(20)19-8-7-14(18)16(2,3)10-19;/h4-6,9,11,14H,7-8,10,18H2,1-3H3;1H. The molecule has 2 N–H and O–H groups in total. The summed E-state index contributed by atoms with van der Waals surface area (Å²) in [5.41, 5.74) is 6.75. The molecule has 1 saturated heterocycles. The third-order valence-electron chi connectivity index (χ3n) is 4.34. The second kappa shape index (κ2) is 6.75. The topological polar surface area (TPSA) is 46.3 Å². The Bertz CT molecular complexity index is 507. The molecule has 1 aliphatic rings. The minimum atomic E-state index is -0.323. The normalized spacial score (nSPS) is 22.3. The van der Waals surface area contributed by atoms with Crippen LogP contribution in [0.5, 0.6) is 0 Å². The first-order chi connectivity index (χ1) is 9.31. The summed E-state index contributed by atoms with van der Waals surface area (Å²) in [6.07, 6.45) is 0.814. The summed E-state index contributed by atoms with van der Waals surface area (Å²) in [6, 6.07) is 6.39. The smallest absolute Gasteiger partial charge is 0.229 e. The van der Waals surface area contributed by atoms with E-state index in [4.69, 9.17) is 5.73 Å². The van der Waals surface area contributed by atoms with Crippen molar-refractivity contribution < 1.29 is 9.18 Å². The highest BCUT2D eigenvalue weighted by Crippen LogP contribution is 2.30. The van der Waals surface area contributed by atoms with Gasteiger partial charge in [0.05, 0.1) is 5.92 Å². The van der Waals surface area contributed by atoms with Crippen LogP contribution in [0.2, 0.25) is 0 Å². The minimum absolute atomic E-state index is 0. The predicted molar refractivity (Wildman–Crippen MR) is 85.0 cm³/mol. The van der Waals surface area contributed by atoms with Crippen LogP contribution in [-0.2, 0) is 4.79 Å². The quantitative estimate of drug-likeness (QED) is 0.912. The molecule has 2 atom stereocenters. The lowest BCUT2D eigenvalue weighted by Gasteiger charge is -2.43. The number of carbonyl (C=O) groups excluding carboxylic acids is 1. The summed E-state index contributed by atoms with van der Waals surface area (Å²) in [7, 11) is 0. The van der Waals surface area contributed by atoms with E-state index in [1.165, 1.54) is 12.1 Å². The van der Waals surface area contributed by atoms with E-state index in [0.717, 1.165) is 12.0 Å². The summed E-state index contributed by atoms with van der Waals surface area (Å²) in [4.78, 5) is 14.4. The van der Waals surface area contributed by atoms with Crippen molar-refractivity contribution in [1.82, 2.24) is 4.90 Å². The van der Waals surface area contributed by atoms with E-state index in [9.17, 15) is 9.18 Å². The molecule has 1 aromatic rings. The molecule has 1 amide bonds. The van der Waals surface area contributed by atoms with Gasteiger partial charge in [-0.2, -0.15) is 0 Å². The summed E-state index contributed by atoms with van der Waals surface area (Å²) >= 11 is 0. The monoisotopic (exact) mass is 314 g/mol. The molecule has 0 radical (unpaired) electrons. The second-order valence-electron chi connectivity index (χ2n) is 6.42. The molecule has 3 nitrogen and oxygen atoms in total. The summed E-state index contributed by atoms with van der Waals surface area (Å²) in [5.74, 6) is -0.574. The van der Waals surface area contributed by atoms with E-state index in [1.807, 2.05) is 11.8 Å². The van der Waals surface area contributed by atoms with Crippen LogP contribution in [-0.4, -0.2) is 29.9 Å². The molecule has 5 heteroatoms. The van der Waals surface area contributed by atoms with Crippen LogP contribution < -0.4 is 5.73 Å². The first-order valence-electron chi connectivity index (χ1n) is 7.11. The van der Waals surface area contributed by atoms with E-state index in [-0.39, 0.29) is 41.5 Å². The van der Waals surface area contributed by atoms with Crippen molar-refractivity contribution in [3.63, 3.8) is 0 Å². The average Bonchev–Trinajstić information content (AvgIpc) is 2.40. The molecular weight excluding hydrogens is 291 g/mol. The Morgan fingerprint density at radius 2 is 2.14 bits per heavy atom. The Kier molecular flexibility index (Phi) is 5.76. The van der Waals surface area contributed by atoms with Gasteiger partial charge in [0.2, 0.25) is 5.91 Å². The van der Waals surface area contributed by atoms with Gasteiger partial charge in [0.25, 0.3) is 0 Å². The Hall–Kier alpha value is -1.13. The number of nitrogens with two attached hydrogens (primary N) is 1. The maximum Gasteiger partial charge on any atom is 0.229 e. The number of carbonyl (C=O) groups is 1. The summed E-state index contributed by atoms with van der Waals surface area (Å²) in [5, 5.41) is 0. The van der Waals surface area contributed by atoms with Gasteiger partial charge in [-0.05, 0) is 36.5 Å². The van der Waals surface area contributed by atoms with E-state index < -0.39 is 0 Å². The van der Waals surface area contributed by atoms with Gasteiger partial charge in [-0.15, -0.1) is 12.4 Å². The number of piperidine rings is 1. The van der Waals surface area contributed by atoms with Gasteiger partial charge < -0.3 is 10.6 Å². The SMILES string of the molecule is CC(C(=O)N1CCC(N)C(C)(C)C1)c1cccc(F)c1.Cl. The molecule has 1 aliphatic heterocycles. The van der Waals surface area contributed by atoms with Gasteiger partial charge in [-0.1, -0.05) is 26.0 Å². The molecule has 1 aromatic carbocycles. The number of rotatable bonds is 2. The Labute approximate surface area is 132 Å². The molecule has 21 heavy (non-hydrogen) atoms. The molecule has 0 aromatic heterocycles. The number of likely N-dealkylation sites (tertiary alicyclic amines) is 1. The lowest BCUT2D eigenvalue weighted by Crippen LogP contribution is -2.54. The molecule has 2 rings (SSSR count). The van der Waals surface area contributed by atoms with E-state index in [0.29, 0.717) is 13.1 Å². The van der Waals surface area contributed by atoms with Crippen LogP contribution in [0.4, 0.5) is 4.39 Å². The fourth-order valence-corrected chi connectivity index (χ4v) is 2.75. The van der Waals surface area contributed by atoms with Crippen molar-refractivity contribution in [3.05, 3.63) is 35.6 Å². The Morgan fingerprint density at radius 3 is 2.71 bits per heavy atom. The van der Waals surface area contributed by atoms with Gasteiger partial charge in [-0.3, -0.25) is 4.79 Å². The zero-order valence-corrected chi connectivity index (χ0v) is 13.6. The van der Waals surface area contributed by atoms with E-state index in [2.05, 4.69) is 13.8 Å². The summed E-state index contributed by atoms with van der Waals surface area (Å²) < 4.78 is 13.3. The highest BCUT2D eigenvalue weighted by Gasteiger charge is 2.36. The number of hydrogen-bond donors (Lipinski definition) is 1. The highest BCUT2D eigenvalue weighted by molar-refractivity contribution is 5.85. The minimum Gasteiger partial charge on any atom is -0.342 e. The molecule has 118 valence electrons. The van der Waals surface area contributed by atoms with Crippen LogP contribution in [0.1, 0.15) is 38.7 Å². The van der Waals surface area contributed by atoms with Gasteiger partial charge in [-0.25, -0.2) is 4.39 Å². The highest BCUT2D eigenvalue weighted by atomic mass is 35.5. The number of halogens is 2. The second-order valence-corrected chi connectivity index (χ2v) is 6.42. The van der Waals surface area contributed by atoms with Gasteiger partial charge in [0.1, 0.15) is 5.82 Å². The third-order valence-corrected chi connectivity index (χ3v) is 4.34. The van der Waals surface area contributed by atoms with Crippen LogP contribution in [0.3, 0.4) is 0 Å². The molecule has 0 saturated carbocycles. The molecule has 1 fully saturated rings. The van der Waals surface area contributed by atoms with Crippen molar-refractivity contribution in [3.8, 4) is 0 Å². The van der Waals surface area contributed by atoms with Crippen LogP contribution in [0.15, 0.2) is 24.3 Å². The van der Waals surface area contributed by atoms with Crippen molar-refractivity contribution in [1.29, 1.82) is 0 Å². The zero-order chi connectivity index (χ0) is 14.9. The fraction of sp³-hybridized carbons (Fsp3) is 0.562. The van der Waals surface area contributed by atoms with Gasteiger partial charge >= 0.3 is 0 Å². The first kappa shape index (κ1) is 17.9. The Morgan fingerprint density at radius 1 is 1.48 bits per heavy atom. The van der Waals surface area contributed by atoms with Crippen LogP contribution in [0.25, 0.3) is 0 Å². The molecule has 2 unspecified atom stereocenters. The van der Waals surface area contributed by atoms with Crippen LogP contribution in [0, 0.1) is 11.2 Å². The number of nitrogens with zero attached hydrogens (tertiary/aromatic N) is 1. The third kappa shape index (κ3) is 3.95. The van der Waals surface area contributed by atoms with Crippen molar-refractivity contribution in [2.75, 3.05) is 13.1 Å². The maximum absolute atomic E-state index is 13.3. The molecular formula is C16H24ClFN2O. The van der Waals surface area contributed by atoms with Crippen molar-refractivity contribution >= 4 is 18.3 Å². The van der Waals surface area contributed by atoms with E-state index >= 15 is 0 Å². The van der Waals surface area contributed by atoms with Gasteiger partial charge in [0, 0.05) is 19.1 Å². The van der Waals surface area contributed by atoms with Crippen molar-refractivity contribution in [2.24, 2.45) is 11.1 Å². The molecule has 0 aliphatic carbocycles. The first-order valence-corrected chi connectivity index (χ1v) is 7.11. The average molecular weight is 315 g/mol.